The number of amides is 1. The fourth-order valence-corrected chi connectivity index (χ4v) is 3.36. The smallest absolute Gasteiger partial charge is 0.230 e. The van der Waals surface area contributed by atoms with Gasteiger partial charge >= 0.3 is 0 Å². The van der Waals surface area contributed by atoms with Gasteiger partial charge in [-0.3, -0.25) is 4.79 Å². The number of thioether (sulfide) groups is 1. The van der Waals surface area contributed by atoms with Crippen molar-refractivity contribution in [1.29, 1.82) is 0 Å². The molecule has 0 spiro atoms. The molecule has 0 saturated heterocycles. The molecule has 0 aliphatic heterocycles. The summed E-state index contributed by atoms with van der Waals surface area (Å²) in [5, 5.41) is 2.93. The lowest BCUT2D eigenvalue weighted by atomic mass is 10.2. The SMILES string of the molecule is COc1ccc(-c2nc(CSCC(=O)NCc3ccccc3)c(C)o2)cc1. The highest BCUT2D eigenvalue weighted by atomic mass is 32.2. The molecule has 0 atom stereocenters. The molecule has 3 rings (SSSR count). The number of benzene rings is 2. The van der Waals surface area contributed by atoms with Gasteiger partial charge in [0.2, 0.25) is 11.8 Å². The lowest BCUT2D eigenvalue weighted by molar-refractivity contribution is -0.118. The predicted molar refractivity (Wildman–Crippen MR) is 108 cm³/mol. The van der Waals surface area contributed by atoms with E-state index in [9.17, 15) is 4.79 Å². The number of nitrogens with one attached hydrogen (secondary N) is 1. The van der Waals surface area contributed by atoms with Crippen molar-refractivity contribution in [2.75, 3.05) is 12.9 Å². The highest BCUT2D eigenvalue weighted by Gasteiger charge is 2.12. The van der Waals surface area contributed by atoms with E-state index in [0.717, 1.165) is 28.3 Å². The minimum absolute atomic E-state index is 0.0142. The zero-order valence-electron chi connectivity index (χ0n) is 15.4. The molecule has 3 aromatic rings. The van der Waals surface area contributed by atoms with Crippen LogP contribution in [0, 0.1) is 6.92 Å². The van der Waals surface area contributed by atoms with Crippen LogP contribution in [0.5, 0.6) is 5.75 Å². The molecule has 27 heavy (non-hydrogen) atoms. The summed E-state index contributed by atoms with van der Waals surface area (Å²) in [6.45, 7) is 2.44. The zero-order valence-corrected chi connectivity index (χ0v) is 16.2. The van der Waals surface area contributed by atoms with Gasteiger partial charge in [-0.25, -0.2) is 4.98 Å². The van der Waals surface area contributed by atoms with Gasteiger partial charge in [0.05, 0.1) is 18.6 Å². The minimum Gasteiger partial charge on any atom is -0.497 e. The molecule has 0 saturated carbocycles. The van der Waals surface area contributed by atoms with Crippen molar-refractivity contribution in [3.8, 4) is 17.2 Å². The Morgan fingerprint density at radius 2 is 1.89 bits per heavy atom. The lowest BCUT2D eigenvalue weighted by Gasteiger charge is -2.04. The second-order valence-corrected chi connectivity index (χ2v) is 6.99. The van der Waals surface area contributed by atoms with Crippen LogP contribution in [0.15, 0.2) is 59.0 Å². The molecule has 0 fully saturated rings. The highest BCUT2D eigenvalue weighted by Crippen LogP contribution is 2.25. The van der Waals surface area contributed by atoms with E-state index in [1.165, 1.54) is 11.8 Å². The number of hydrogen-bond donors (Lipinski definition) is 1. The van der Waals surface area contributed by atoms with Gasteiger partial charge in [-0.15, -0.1) is 11.8 Å². The minimum atomic E-state index is 0.0142. The molecule has 1 N–H and O–H groups in total. The van der Waals surface area contributed by atoms with Gasteiger partial charge in [0.25, 0.3) is 0 Å². The number of carbonyl (C=O) groups is 1. The summed E-state index contributed by atoms with van der Waals surface area (Å²) in [6.07, 6.45) is 0. The lowest BCUT2D eigenvalue weighted by Crippen LogP contribution is -2.24. The topological polar surface area (TPSA) is 64.4 Å². The number of aromatic nitrogens is 1. The van der Waals surface area contributed by atoms with E-state index in [4.69, 9.17) is 9.15 Å². The third kappa shape index (κ3) is 5.37. The van der Waals surface area contributed by atoms with E-state index in [0.29, 0.717) is 23.9 Å². The summed E-state index contributed by atoms with van der Waals surface area (Å²) >= 11 is 1.52. The third-order valence-electron chi connectivity index (χ3n) is 4.03. The zero-order chi connectivity index (χ0) is 19.1. The van der Waals surface area contributed by atoms with Gasteiger partial charge in [-0.05, 0) is 36.8 Å². The summed E-state index contributed by atoms with van der Waals surface area (Å²) in [7, 11) is 1.63. The van der Waals surface area contributed by atoms with Crippen LogP contribution in [0.3, 0.4) is 0 Å². The van der Waals surface area contributed by atoms with E-state index in [1.807, 2.05) is 61.5 Å². The molecule has 0 bridgehead atoms. The van der Waals surface area contributed by atoms with Crippen LogP contribution in [0.25, 0.3) is 11.5 Å². The van der Waals surface area contributed by atoms with Crippen LogP contribution in [0.2, 0.25) is 0 Å². The number of aryl methyl sites for hydroxylation is 1. The number of nitrogens with zero attached hydrogens (tertiary/aromatic N) is 1. The first-order valence-electron chi connectivity index (χ1n) is 8.65. The van der Waals surface area contributed by atoms with Gasteiger partial charge in [-0.2, -0.15) is 0 Å². The second-order valence-electron chi connectivity index (χ2n) is 6.01. The monoisotopic (exact) mass is 382 g/mol. The van der Waals surface area contributed by atoms with E-state index in [1.54, 1.807) is 7.11 Å². The summed E-state index contributed by atoms with van der Waals surface area (Å²) < 4.78 is 10.9. The van der Waals surface area contributed by atoms with Crippen molar-refractivity contribution in [1.82, 2.24) is 10.3 Å². The predicted octanol–water partition coefficient (Wildman–Crippen LogP) is 4.21. The third-order valence-corrected chi connectivity index (χ3v) is 4.98. The summed E-state index contributed by atoms with van der Waals surface area (Å²) in [4.78, 5) is 16.6. The van der Waals surface area contributed by atoms with E-state index < -0.39 is 0 Å². The first-order chi connectivity index (χ1) is 13.2. The van der Waals surface area contributed by atoms with Gasteiger partial charge < -0.3 is 14.5 Å². The van der Waals surface area contributed by atoms with Crippen LogP contribution in [0.4, 0.5) is 0 Å². The van der Waals surface area contributed by atoms with Crippen LogP contribution in [-0.2, 0) is 17.1 Å². The second kappa shape index (κ2) is 9.28. The van der Waals surface area contributed by atoms with E-state index in [2.05, 4.69) is 10.3 Å². The highest BCUT2D eigenvalue weighted by molar-refractivity contribution is 7.99. The maximum absolute atomic E-state index is 12.0. The van der Waals surface area contributed by atoms with Gasteiger partial charge in [0.1, 0.15) is 11.5 Å². The molecule has 0 aliphatic rings. The number of oxazole rings is 1. The Morgan fingerprint density at radius 3 is 2.59 bits per heavy atom. The number of ether oxygens (including phenoxy) is 1. The molecular weight excluding hydrogens is 360 g/mol. The molecule has 1 heterocycles. The first-order valence-corrected chi connectivity index (χ1v) is 9.80. The standard InChI is InChI=1S/C21H22N2O3S/c1-15-19(23-21(26-15)17-8-10-18(25-2)11-9-17)13-27-14-20(24)22-12-16-6-4-3-5-7-16/h3-11H,12-14H2,1-2H3,(H,22,24). The Balaban J connectivity index is 1.49. The fraction of sp³-hybridized carbons (Fsp3) is 0.238. The van der Waals surface area contributed by atoms with E-state index >= 15 is 0 Å². The van der Waals surface area contributed by atoms with Crippen LogP contribution in [-0.4, -0.2) is 23.8 Å². The van der Waals surface area contributed by atoms with Crippen molar-refractivity contribution in [2.24, 2.45) is 0 Å². The fourth-order valence-electron chi connectivity index (χ4n) is 2.51. The molecule has 5 nitrogen and oxygen atoms in total. The average Bonchev–Trinajstić information content (AvgIpc) is 3.08. The van der Waals surface area contributed by atoms with Gasteiger partial charge in [-0.1, -0.05) is 30.3 Å². The van der Waals surface area contributed by atoms with Crippen LogP contribution < -0.4 is 10.1 Å². The van der Waals surface area contributed by atoms with Gasteiger partial charge in [0.15, 0.2) is 0 Å². The Bertz CT molecular complexity index is 876. The summed E-state index contributed by atoms with van der Waals surface area (Å²) in [6, 6.07) is 17.5. The normalized spacial score (nSPS) is 10.6. The Kier molecular flexibility index (Phi) is 6.54. The molecule has 0 aliphatic carbocycles. The Morgan fingerprint density at radius 1 is 1.15 bits per heavy atom. The molecule has 1 aromatic heterocycles. The summed E-state index contributed by atoms with van der Waals surface area (Å²) in [5.74, 6) is 3.18. The first kappa shape index (κ1) is 19.0. The number of methoxy groups -OCH3 is 1. The van der Waals surface area contributed by atoms with Crippen molar-refractivity contribution < 1.29 is 13.9 Å². The molecule has 140 valence electrons. The maximum atomic E-state index is 12.0. The quantitative estimate of drug-likeness (QED) is 0.632. The maximum Gasteiger partial charge on any atom is 0.230 e. The number of hydrogen-bond acceptors (Lipinski definition) is 5. The van der Waals surface area contributed by atoms with Crippen molar-refractivity contribution in [3.05, 3.63) is 71.6 Å². The van der Waals surface area contributed by atoms with Crippen LogP contribution >= 0.6 is 11.8 Å². The Hall–Kier alpha value is -2.73. The van der Waals surface area contributed by atoms with Crippen molar-refractivity contribution in [2.45, 2.75) is 19.2 Å². The summed E-state index contributed by atoms with van der Waals surface area (Å²) in [5.41, 5.74) is 2.85. The van der Waals surface area contributed by atoms with Crippen LogP contribution in [0.1, 0.15) is 17.0 Å². The molecule has 2 aromatic carbocycles. The largest absolute Gasteiger partial charge is 0.497 e. The van der Waals surface area contributed by atoms with Crippen molar-refractivity contribution >= 4 is 17.7 Å². The van der Waals surface area contributed by atoms with Crippen molar-refractivity contribution in [3.63, 3.8) is 0 Å². The Labute approximate surface area is 163 Å². The number of rotatable bonds is 8. The molecule has 0 unspecified atom stereocenters. The molecule has 6 heteroatoms. The van der Waals surface area contributed by atoms with E-state index in [-0.39, 0.29) is 5.91 Å². The van der Waals surface area contributed by atoms with Gasteiger partial charge in [0, 0.05) is 17.9 Å². The molecule has 1 amide bonds. The number of carbonyl (C=O) groups excluding carboxylic acids is 1. The molecular formula is C21H22N2O3S. The molecule has 0 radical (unpaired) electrons. The average molecular weight is 382 g/mol.